The highest BCUT2D eigenvalue weighted by Crippen LogP contribution is 2.38. The van der Waals surface area contributed by atoms with E-state index in [0.29, 0.717) is 0 Å². The highest BCUT2D eigenvalue weighted by atomic mass is 79.9. The average molecular weight is 336 g/mol. The van der Waals surface area contributed by atoms with Gasteiger partial charge in [0.25, 0.3) is 0 Å². The first-order valence-electron chi connectivity index (χ1n) is 7.70. The lowest BCUT2D eigenvalue weighted by Crippen LogP contribution is -2.41. The van der Waals surface area contributed by atoms with Gasteiger partial charge in [-0.05, 0) is 65.7 Å². The van der Waals surface area contributed by atoms with E-state index >= 15 is 0 Å². The number of halogens is 1. The minimum atomic E-state index is 0.120. The Morgan fingerprint density at radius 3 is 2.65 bits per heavy atom. The van der Waals surface area contributed by atoms with E-state index in [4.69, 9.17) is 0 Å². The molecule has 3 heteroatoms. The fourth-order valence-electron chi connectivity index (χ4n) is 3.82. The number of piperidine rings is 1. The number of nitrogens with zero attached hydrogens (tertiary/aromatic N) is 1. The zero-order valence-electron chi connectivity index (χ0n) is 12.1. The normalized spacial score (nSPS) is 26.2. The number of carbonyl (C=O) groups is 1. The fraction of sp³-hybridized carbons (Fsp3) is 0.588. The van der Waals surface area contributed by atoms with Crippen LogP contribution in [0.4, 0.5) is 5.69 Å². The smallest absolute Gasteiger partial charge is 0.160 e. The van der Waals surface area contributed by atoms with Gasteiger partial charge in [-0.2, -0.15) is 0 Å². The molecule has 20 heavy (non-hydrogen) atoms. The molecule has 3 rings (SSSR count). The van der Waals surface area contributed by atoms with Gasteiger partial charge in [0.15, 0.2) is 5.78 Å². The van der Waals surface area contributed by atoms with Gasteiger partial charge in [-0.25, -0.2) is 0 Å². The summed E-state index contributed by atoms with van der Waals surface area (Å²) in [7, 11) is 0. The Labute approximate surface area is 129 Å². The van der Waals surface area contributed by atoms with Crippen molar-refractivity contribution in [1.29, 1.82) is 0 Å². The Balaban J connectivity index is 1.76. The number of benzene rings is 1. The summed E-state index contributed by atoms with van der Waals surface area (Å²) in [5.41, 5.74) is 2.03. The summed E-state index contributed by atoms with van der Waals surface area (Å²) in [6, 6.07) is 6.17. The Kier molecular flexibility index (Phi) is 4.16. The van der Waals surface area contributed by atoms with Crippen LogP contribution in [0.25, 0.3) is 0 Å². The molecule has 2 nitrogen and oxygen atoms in total. The van der Waals surface area contributed by atoms with E-state index < -0.39 is 0 Å². The molecule has 1 aromatic rings. The van der Waals surface area contributed by atoms with Crippen molar-refractivity contribution in [3.8, 4) is 0 Å². The van der Waals surface area contributed by atoms with Crippen molar-refractivity contribution in [2.45, 2.75) is 39.0 Å². The van der Waals surface area contributed by atoms with Crippen LogP contribution in [-0.4, -0.2) is 18.9 Å². The highest BCUT2D eigenvalue weighted by Gasteiger charge is 2.31. The van der Waals surface area contributed by atoms with Gasteiger partial charge < -0.3 is 4.90 Å². The monoisotopic (exact) mass is 335 g/mol. The Morgan fingerprint density at radius 2 is 1.95 bits per heavy atom. The first-order chi connectivity index (χ1) is 9.65. The minimum Gasteiger partial charge on any atom is -0.371 e. The number of ketones is 1. The number of rotatable bonds is 2. The van der Waals surface area contributed by atoms with Gasteiger partial charge in [-0.3, -0.25) is 4.79 Å². The third-order valence-corrected chi connectivity index (χ3v) is 5.64. The summed E-state index contributed by atoms with van der Waals surface area (Å²) < 4.78 is 0.924. The Bertz CT molecular complexity index is 514. The molecule has 2 fully saturated rings. The van der Waals surface area contributed by atoms with Crippen LogP contribution in [0.15, 0.2) is 22.7 Å². The van der Waals surface area contributed by atoms with Crippen LogP contribution in [0, 0.1) is 11.8 Å². The third-order valence-electron chi connectivity index (χ3n) is 4.99. The van der Waals surface area contributed by atoms with Crippen molar-refractivity contribution < 1.29 is 4.79 Å². The number of carbonyl (C=O) groups excluding carboxylic acids is 1. The van der Waals surface area contributed by atoms with E-state index in [-0.39, 0.29) is 5.78 Å². The second-order valence-electron chi connectivity index (χ2n) is 6.26. The van der Waals surface area contributed by atoms with Crippen LogP contribution in [0.3, 0.4) is 0 Å². The van der Waals surface area contributed by atoms with Crippen molar-refractivity contribution in [2.24, 2.45) is 11.8 Å². The summed E-state index contributed by atoms with van der Waals surface area (Å²) in [6.07, 6.45) is 7.00. The van der Waals surface area contributed by atoms with Gasteiger partial charge in [-0.1, -0.05) is 19.3 Å². The second-order valence-corrected chi connectivity index (χ2v) is 7.11. The quantitative estimate of drug-likeness (QED) is 0.732. The number of fused-ring (bicyclic) bond motifs is 1. The standard InChI is InChI=1S/C17H22BrNO/c1-12(20)16-7-6-15(10-17(16)18)19-9-8-13-4-2-3-5-14(13)11-19/h6-7,10,13-14H,2-5,8-9,11H2,1H3. The topological polar surface area (TPSA) is 20.3 Å². The van der Waals surface area contributed by atoms with Gasteiger partial charge in [0.2, 0.25) is 0 Å². The number of hydrogen-bond donors (Lipinski definition) is 0. The number of hydrogen-bond acceptors (Lipinski definition) is 2. The lowest BCUT2D eigenvalue weighted by Gasteiger charge is -2.42. The van der Waals surface area contributed by atoms with Crippen molar-refractivity contribution in [2.75, 3.05) is 18.0 Å². The molecule has 1 aliphatic carbocycles. The minimum absolute atomic E-state index is 0.120. The molecule has 2 aliphatic rings. The summed E-state index contributed by atoms with van der Waals surface area (Å²) in [4.78, 5) is 14.0. The molecule has 108 valence electrons. The second kappa shape index (κ2) is 5.88. The van der Waals surface area contributed by atoms with Crippen LogP contribution >= 0.6 is 15.9 Å². The Morgan fingerprint density at radius 1 is 1.20 bits per heavy atom. The Hall–Kier alpha value is -0.830. The molecule has 1 saturated carbocycles. The molecule has 0 bridgehead atoms. The molecular weight excluding hydrogens is 314 g/mol. The molecular formula is C17H22BrNO. The van der Waals surface area contributed by atoms with E-state index in [2.05, 4.69) is 33.0 Å². The van der Waals surface area contributed by atoms with Gasteiger partial charge in [0, 0.05) is 28.8 Å². The van der Waals surface area contributed by atoms with Crippen molar-refractivity contribution >= 4 is 27.4 Å². The van der Waals surface area contributed by atoms with E-state index in [0.717, 1.165) is 28.4 Å². The van der Waals surface area contributed by atoms with Crippen molar-refractivity contribution in [3.63, 3.8) is 0 Å². The average Bonchev–Trinajstić information content (AvgIpc) is 2.46. The molecule has 0 radical (unpaired) electrons. The van der Waals surface area contributed by atoms with Crippen LogP contribution in [0.2, 0.25) is 0 Å². The molecule has 2 unspecified atom stereocenters. The molecule has 1 aromatic carbocycles. The van der Waals surface area contributed by atoms with E-state index in [1.807, 2.05) is 6.07 Å². The van der Waals surface area contributed by atoms with E-state index in [9.17, 15) is 4.79 Å². The molecule has 1 heterocycles. The molecule has 0 amide bonds. The summed E-state index contributed by atoms with van der Waals surface area (Å²) in [5.74, 6) is 1.96. The van der Waals surface area contributed by atoms with Crippen LogP contribution in [0.1, 0.15) is 49.4 Å². The molecule has 1 aliphatic heterocycles. The largest absolute Gasteiger partial charge is 0.371 e. The van der Waals surface area contributed by atoms with Crippen LogP contribution < -0.4 is 4.90 Å². The zero-order valence-corrected chi connectivity index (χ0v) is 13.7. The zero-order chi connectivity index (χ0) is 14.1. The molecule has 2 atom stereocenters. The molecule has 0 spiro atoms. The van der Waals surface area contributed by atoms with E-state index in [1.54, 1.807) is 6.92 Å². The predicted octanol–water partition coefficient (Wildman–Crippen LogP) is 4.67. The van der Waals surface area contributed by atoms with Crippen LogP contribution in [0.5, 0.6) is 0 Å². The molecule has 1 saturated heterocycles. The lowest BCUT2D eigenvalue weighted by molar-refractivity contribution is 0.101. The van der Waals surface area contributed by atoms with Crippen molar-refractivity contribution in [1.82, 2.24) is 0 Å². The number of anilines is 1. The van der Waals surface area contributed by atoms with Gasteiger partial charge in [0.05, 0.1) is 0 Å². The number of Topliss-reactive ketones (excluding diaryl/α,β-unsaturated/α-hetero) is 1. The SMILES string of the molecule is CC(=O)c1ccc(N2CCC3CCCCC3C2)cc1Br. The lowest BCUT2D eigenvalue weighted by atomic mass is 9.75. The maximum Gasteiger partial charge on any atom is 0.160 e. The summed E-state index contributed by atoms with van der Waals surface area (Å²) >= 11 is 3.54. The van der Waals surface area contributed by atoms with Gasteiger partial charge >= 0.3 is 0 Å². The first-order valence-corrected chi connectivity index (χ1v) is 8.50. The predicted molar refractivity (Wildman–Crippen MR) is 86.4 cm³/mol. The molecule has 0 aromatic heterocycles. The fourth-order valence-corrected chi connectivity index (χ4v) is 4.47. The third kappa shape index (κ3) is 2.78. The van der Waals surface area contributed by atoms with Crippen LogP contribution in [-0.2, 0) is 0 Å². The molecule has 0 N–H and O–H groups in total. The summed E-state index contributed by atoms with van der Waals surface area (Å²) in [6.45, 7) is 3.97. The van der Waals surface area contributed by atoms with Gasteiger partial charge in [0.1, 0.15) is 0 Å². The van der Waals surface area contributed by atoms with Gasteiger partial charge in [-0.15, -0.1) is 0 Å². The van der Waals surface area contributed by atoms with Crippen molar-refractivity contribution in [3.05, 3.63) is 28.2 Å². The highest BCUT2D eigenvalue weighted by molar-refractivity contribution is 9.10. The first kappa shape index (κ1) is 14.1. The maximum absolute atomic E-state index is 11.5. The van der Waals surface area contributed by atoms with E-state index in [1.165, 1.54) is 44.3 Å². The summed E-state index contributed by atoms with van der Waals surface area (Å²) in [5, 5.41) is 0. The maximum atomic E-state index is 11.5.